The Morgan fingerprint density at radius 1 is 1.44 bits per heavy atom. The zero-order valence-corrected chi connectivity index (χ0v) is 14.4. The molecule has 3 rings (SSSR count). The number of amides is 1. The van der Waals surface area contributed by atoms with Gasteiger partial charge in [-0.3, -0.25) is 0 Å². The molecule has 0 aromatic heterocycles. The van der Waals surface area contributed by atoms with Gasteiger partial charge in [0.25, 0.3) is 0 Å². The minimum absolute atomic E-state index is 0.0581. The van der Waals surface area contributed by atoms with Gasteiger partial charge in [0.15, 0.2) is 0 Å². The molecule has 1 aliphatic carbocycles. The van der Waals surface area contributed by atoms with Crippen molar-refractivity contribution in [2.24, 2.45) is 11.8 Å². The topological polar surface area (TPSA) is 73.6 Å². The molecule has 1 aromatic carbocycles. The van der Waals surface area contributed by atoms with Crippen LogP contribution in [0.25, 0.3) is 0 Å². The van der Waals surface area contributed by atoms with Crippen LogP contribution in [0.3, 0.4) is 0 Å². The highest BCUT2D eigenvalue weighted by atomic mass is 16.6. The summed E-state index contributed by atoms with van der Waals surface area (Å²) in [4.78, 5) is 13.7. The lowest BCUT2D eigenvalue weighted by Gasteiger charge is -2.37. The Morgan fingerprint density at radius 3 is 3.00 bits per heavy atom. The molecule has 1 aliphatic heterocycles. The predicted molar refractivity (Wildman–Crippen MR) is 92.4 cm³/mol. The van der Waals surface area contributed by atoms with Gasteiger partial charge in [0.05, 0.1) is 18.2 Å². The number of benzene rings is 1. The second-order valence-electron chi connectivity index (χ2n) is 6.73. The fourth-order valence-electron chi connectivity index (χ4n) is 3.89. The molecular weight excluding hydrogens is 316 g/mol. The maximum absolute atomic E-state index is 12.0. The van der Waals surface area contributed by atoms with Crippen LogP contribution in [0.4, 0.5) is 4.79 Å². The van der Waals surface area contributed by atoms with Crippen molar-refractivity contribution < 1.29 is 14.6 Å². The highest BCUT2D eigenvalue weighted by Crippen LogP contribution is 2.42. The first kappa shape index (κ1) is 17.3. The molecule has 1 amide bonds. The van der Waals surface area contributed by atoms with E-state index in [0.29, 0.717) is 31.7 Å². The van der Waals surface area contributed by atoms with E-state index in [0.717, 1.165) is 18.4 Å². The number of carbonyl (C=O) groups excluding carboxylic acids is 1. The summed E-state index contributed by atoms with van der Waals surface area (Å²) in [5.74, 6) is 6.27. The van der Waals surface area contributed by atoms with Crippen molar-refractivity contribution in [1.29, 1.82) is 5.26 Å². The number of ether oxygens (including phenoxy) is 1. The second-order valence-corrected chi connectivity index (χ2v) is 6.73. The maximum Gasteiger partial charge on any atom is 0.409 e. The van der Waals surface area contributed by atoms with Crippen LogP contribution in [0.1, 0.15) is 37.3 Å². The Labute approximate surface area is 148 Å². The van der Waals surface area contributed by atoms with Gasteiger partial charge in [-0.15, -0.1) is 0 Å². The first-order valence-corrected chi connectivity index (χ1v) is 8.73. The normalized spacial score (nSPS) is 27.6. The fourth-order valence-corrected chi connectivity index (χ4v) is 3.89. The number of hydrogen-bond acceptors (Lipinski definition) is 4. The van der Waals surface area contributed by atoms with E-state index in [9.17, 15) is 9.90 Å². The summed E-state index contributed by atoms with van der Waals surface area (Å²) in [6, 6.07) is 9.16. The summed E-state index contributed by atoms with van der Waals surface area (Å²) in [6.07, 6.45) is 2.18. The van der Waals surface area contributed by atoms with E-state index in [1.807, 2.05) is 6.07 Å². The van der Waals surface area contributed by atoms with Gasteiger partial charge in [-0.05, 0) is 50.3 Å². The Kier molecular flexibility index (Phi) is 4.97. The second kappa shape index (κ2) is 7.17. The predicted octanol–water partition coefficient (Wildman–Crippen LogP) is 2.53. The first-order valence-electron chi connectivity index (χ1n) is 8.73. The van der Waals surface area contributed by atoms with E-state index >= 15 is 0 Å². The molecule has 130 valence electrons. The monoisotopic (exact) mass is 338 g/mol. The molecular formula is C20H22N2O3. The van der Waals surface area contributed by atoms with E-state index in [4.69, 9.17) is 10.00 Å². The number of fused-ring (bicyclic) bond motifs is 1. The largest absolute Gasteiger partial charge is 0.450 e. The molecule has 1 heterocycles. The van der Waals surface area contributed by atoms with Crippen LogP contribution in [-0.2, 0) is 4.74 Å². The maximum atomic E-state index is 12.0. The highest BCUT2D eigenvalue weighted by Gasteiger charge is 2.49. The third kappa shape index (κ3) is 3.62. The summed E-state index contributed by atoms with van der Waals surface area (Å²) in [5.41, 5.74) is 0.164. The van der Waals surface area contributed by atoms with Gasteiger partial charge in [0.1, 0.15) is 5.60 Å². The summed E-state index contributed by atoms with van der Waals surface area (Å²) in [5, 5.41) is 20.1. The molecule has 0 bridgehead atoms. The van der Waals surface area contributed by atoms with Gasteiger partial charge in [0.2, 0.25) is 0 Å². The molecule has 1 saturated carbocycles. The standard InChI is InChI=1S/C20H22N2O3/c1-2-25-19(23)22-13-17-7-4-9-20(24,18(17)14-22)10-8-15-5-3-6-16(11-15)12-21/h3,5-6,11,17-18,24H,2,4,7,9,13-14H2,1H3/t17?,18-,20?/m0/s1. The van der Waals surface area contributed by atoms with Crippen molar-refractivity contribution in [1.82, 2.24) is 4.90 Å². The van der Waals surface area contributed by atoms with E-state index < -0.39 is 5.60 Å². The van der Waals surface area contributed by atoms with Crippen molar-refractivity contribution in [2.45, 2.75) is 31.8 Å². The number of aliphatic hydroxyl groups is 1. The number of nitrogens with zero attached hydrogens (tertiary/aromatic N) is 2. The molecule has 5 heteroatoms. The average molecular weight is 338 g/mol. The summed E-state index contributed by atoms with van der Waals surface area (Å²) in [7, 11) is 0. The van der Waals surface area contributed by atoms with Crippen molar-refractivity contribution >= 4 is 6.09 Å². The molecule has 1 saturated heterocycles. The Bertz CT molecular complexity index is 758. The molecule has 2 aliphatic rings. The Balaban J connectivity index is 1.80. The van der Waals surface area contributed by atoms with E-state index in [2.05, 4.69) is 17.9 Å². The SMILES string of the molecule is CCOC(=O)N1CC2CCCC(O)(C#Cc3cccc(C#N)c3)[C@H]2C1. The third-order valence-electron chi connectivity index (χ3n) is 5.13. The van der Waals surface area contributed by atoms with E-state index in [1.165, 1.54) is 0 Å². The number of hydrogen-bond donors (Lipinski definition) is 1. The average Bonchev–Trinajstić information content (AvgIpc) is 3.07. The Hall–Kier alpha value is -2.50. The molecule has 0 spiro atoms. The van der Waals surface area contributed by atoms with Crippen LogP contribution < -0.4 is 0 Å². The van der Waals surface area contributed by atoms with Crippen molar-refractivity contribution in [3.05, 3.63) is 35.4 Å². The van der Waals surface area contributed by atoms with Crippen LogP contribution in [0.15, 0.2) is 24.3 Å². The minimum atomic E-state index is -1.10. The molecule has 1 N–H and O–H groups in total. The lowest BCUT2D eigenvalue weighted by molar-refractivity contribution is -0.00794. The van der Waals surface area contributed by atoms with Gasteiger partial charge in [-0.25, -0.2) is 4.79 Å². The Morgan fingerprint density at radius 2 is 2.24 bits per heavy atom. The molecule has 3 atom stereocenters. The van der Waals surface area contributed by atoms with Gasteiger partial charge in [-0.1, -0.05) is 17.9 Å². The first-order chi connectivity index (χ1) is 12.1. The van der Waals surface area contributed by atoms with Crippen LogP contribution in [0.2, 0.25) is 0 Å². The zero-order chi connectivity index (χ0) is 17.9. The highest BCUT2D eigenvalue weighted by molar-refractivity contribution is 5.68. The number of nitriles is 1. The van der Waals surface area contributed by atoms with Crippen LogP contribution in [0, 0.1) is 35.0 Å². The smallest absolute Gasteiger partial charge is 0.409 e. The minimum Gasteiger partial charge on any atom is -0.450 e. The summed E-state index contributed by atoms with van der Waals surface area (Å²) >= 11 is 0. The lowest BCUT2D eigenvalue weighted by atomic mass is 9.71. The van der Waals surface area contributed by atoms with Crippen LogP contribution in [0.5, 0.6) is 0 Å². The zero-order valence-electron chi connectivity index (χ0n) is 14.4. The molecule has 0 radical (unpaired) electrons. The van der Waals surface area contributed by atoms with E-state index in [-0.39, 0.29) is 17.9 Å². The fraction of sp³-hybridized carbons (Fsp3) is 0.500. The van der Waals surface area contributed by atoms with Gasteiger partial charge in [0, 0.05) is 24.6 Å². The molecule has 2 unspecified atom stereocenters. The number of rotatable bonds is 1. The van der Waals surface area contributed by atoms with E-state index in [1.54, 1.807) is 30.0 Å². The van der Waals surface area contributed by atoms with Crippen LogP contribution in [-0.4, -0.2) is 41.4 Å². The van der Waals surface area contributed by atoms with Crippen molar-refractivity contribution in [2.75, 3.05) is 19.7 Å². The van der Waals surface area contributed by atoms with Gasteiger partial charge in [-0.2, -0.15) is 5.26 Å². The quantitative estimate of drug-likeness (QED) is 0.799. The number of likely N-dealkylation sites (tertiary alicyclic amines) is 1. The molecule has 2 fully saturated rings. The number of carbonyl (C=O) groups is 1. The summed E-state index contributed by atoms with van der Waals surface area (Å²) in [6.45, 7) is 3.24. The van der Waals surface area contributed by atoms with Crippen molar-refractivity contribution in [3.63, 3.8) is 0 Å². The summed E-state index contributed by atoms with van der Waals surface area (Å²) < 4.78 is 5.09. The van der Waals surface area contributed by atoms with Crippen LogP contribution >= 0.6 is 0 Å². The molecule has 5 nitrogen and oxygen atoms in total. The molecule has 1 aromatic rings. The lowest BCUT2D eigenvalue weighted by Crippen LogP contribution is -2.44. The van der Waals surface area contributed by atoms with Crippen molar-refractivity contribution in [3.8, 4) is 17.9 Å². The van der Waals surface area contributed by atoms with Gasteiger partial charge < -0.3 is 14.7 Å². The third-order valence-corrected chi connectivity index (χ3v) is 5.13. The van der Waals surface area contributed by atoms with Gasteiger partial charge >= 0.3 is 6.09 Å². The molecule has 25 heavy (non-hydrogen) atoms.